The fraction of sp³-hybridized carbons (Fsp3) is 0.0909. The molecule has 4 heteroatoms. The van der Waals surface area contributed by atoms with Gasteiger partial charge in [0, 0.05) is 21.4 Å². The normalized spacial score (nSPS) is 20.5. The quantitative estimate of drug-likeness (QED) is 0.751. The van der Waals surface area contributed by atoms with Gasteiger partial charge in [0.2, 0.25) is 0 Å². The minimum absolute atomic E-state index is 0.189. The largest absolute Gasteiger partial charge is 0.250 e. The van der Waals surface area contributed by atoms with Crippen LogP contribution in [0.1, 0.15) is 0 Å². The second-order valence-corrected chi connectivity index (χ2v) is 6.09. The van der Waals surface area contributed by atoms with Crippen LogP contribution in [-0.2, 0) is 0 Å². The summed E-state index contributed by atoms with van der Waals surface area (Å²) in [5, 5.41) is 2.08. The van der Waals surface area contributed by atoms with E-state index in [0.29, 0.717) is 0 Å². The Bertz CT molecular complexity index is 517. The van der Waals surface area contributed by atoms with Crippen molar-refractivity contribution in [2.45, 2.75) is 4.90 Å². The Morgan fingerprint density at radius 1 is 1.33 bits per heavy atom. The molecule has 0 aliphatic carbocycles. The maximum absolute atomic E-state index is 4.39. The number of rotatable bonds is 1. The average Bonchev–Trinajstić information content (AvgIpc) is 2.88. The molecular weight excluding hydrogens is 224 g/mol. The van der Waals surface area contributed by atoms with E-state index >= 15 is 0 Å². The number of aromatic nitrogens is 1. The summed E-state index contributed by atoms with van der Waals surface area (Å²) in [6, 6.07) is 6.41. The van der Waals surface area contributed by atoms with Crippen LogP contribution in [0.2, 0.25) is 0 Å². The van der Waals surface area contributed by atoms with E-state index in [1.807, 2.05) is 5.51 Å². The summed E-state index contributed by atoms with van der Waals surface area (Å²) in [7, 11) is -0.189. The van der Waals surface area contributed by atoms with Gasteiger partial charge in [0.15, 0.2) is 0 Å². The summed E-state index contributed by atoms with van der Waals surface area (Å²) in [5.41, 5.74) is 7.33. The highest BCUT2D eigenvalue weighted by atomic mass is 32.2. The highest BCUT2D eigenvalue weighted by molar-refractivity contribution is 8.28. The Morgan fingerprint density at radius 2 is 2.27 bits per heavy atom. The van der Waals surface area contributed by atoms with Gasteiger partial charge in [-0.2, -0.15) is 10.9 Å². The molecule has 0 amide bonds. The molecule has 15 heavy (non-hydrogen) atoms. The Balaban J connectivity index is 2.11. The molecule has 1 unspecified atom stereocenters. The molecule has 1 aliphatic rings. The van der Waals surface area contributed by atoms with E-state index in [1.54, 1.807) is 11.3 Å². The third-order valence-electron chi connectivity index (χ3n) is 2.45. The van der Waals surface area contributed by atoms with Crippen molar-refractivity contribution < 1.29 is 0 Å². The third kappa shape index (κ3) is 1.50. The number of nitrogens with zero attached hydrogens (tertiary/aromatic N) is 2. The van der Waals surface area contributed by atoms with Gasteiger partial charge in [0.05, 0.1) is 16.9 Å². The van der Waals surface area contributed by atoms with E-state index < -0.39 is 0 Å². The molecule has 2 aromatic rings. The Labute approximate surface area is 95.1 Å². The lowest BCUT2D eigenvalue weighted by molar-refractivity contribution is 1.36. The van der Waals surface area contributed by atoms with Gasteiger partial charge in [-0.1, -0.05) is 6.07 Å². The lowest BCUT2D eigenvalue weighted by Crippen LogP contribution is -1.80. The molecule has 0 saturated heterocycles. The minimum Gasteiger partial charge on any atom is -0.250 e. The van der Waals surface area contributed by atoms with Gasteiger partial charge in [-0.05, 0) is 18.4 Å². The van der Waals surface area contributed by atoms with Crippen LogP contribution in [0.3, 0.4) is 0 Å². The van der Waals surface area contributed by atoms with Crippen molar-refractivity contribution in [1.82, 2.24) is 4.98 Å². The summed E-state index contributed by atoms with van der Waals surface area (Å²) in [6.07, 6.45) is 2.23. The molecule has 0 spiro atoms. The highest BCUT2D eigenvalue weighted by Crippen LogP contribution is 2.44. The molecule has 2 nitrogen and oxygen atoms in total. The number of fused-ring (bicyclic) bond motifs is 1. The van der Waals surface area contributed by atoms with E-state index in [-0.39, 0.29) is 10.9 Å². The monoisotopic (exact) mass is 234 g/mol. The smallest absolute Gasteiger partial charge is 0.0811 e. The minimum atomic E-state index is -0.189. The van der Waals surface area contributed by atoms with Gasteiger partial charge in [-0.3, -0.25) is 4.99 Å². The topological polar surface area (TPSA) is 25.2 Å². The number of benzene rings is 1. The number of thiol groups is 1. The average molecular weight is 234 g/mol. The first kappa shape index (κ1) is 9.12. The van der Waals surface area contributed by atoms with Crippen LogP contribution in [0.15, 0.2) is 39.0 Å². The molecule has 0 fully saturated rings. The van der Waals surface area contributed by atoms with Crippen molar-refractivity contribution in [3.63, 3.8) is 0 Å². The van der Waals surface area contributed by atoms with Gasteiger partial charge in [-0.25, -0.2) is 4.98 Å². The van der Waals surface area contributed by atoms with Crippen molar-refractivity contribution in [3.05, 3.63) is 29.1 Å². The second kappa shape index (κ2) is 3.47. The van der Waals surface area contributed by atoms with Crippen LogP contribution in [0.4, 0.5) is 5.69 Å². The summed E-state index contributed by atoms with van der Waals surface area (Å²) in [5.74, 6) is 0. The Morgan fingerprint density at radius 3 is 3.07 bits per heavy atom. The van der Waals surface area contributed by atoms with Crippen LogP contribution in [0, 0.1) is 0 Å². The van der Waals surface area contributed by atoms with Crippen molar-refractivity contribution in [1.29, 1.82) is 0 Å². The summed E-state index contributed by atoms with van der Waals surface area (Å²) in [6.45, 7) is 0. The van der Waals surface area contributed by atoms with Crippen LogP contribution >= 0.6 is 22.2 Å². The molecule has 0 saturated carbocycles. The lowest BCUT2D eigenvalue weighted by atomic mass is 10.1. The van der Waals surface area contributed by atoms with Crippen molar-refractivity contribution in [2.75, 3.05) is 6.26 Å². The lowest BCUT2D eigenvalue weighted by Gasteiger charge is -2.07. The van der Waals surface area contributed by atoms with Crippen LogP contribution in [-0.4, -0.2) is 16.8 Å². The molecule has 1 atom stereocenters. The zero-order valence-corrected chi connectivity index (χ0v) is 9.92. The standard InChI is InChI=1S/C11H10N2S2/c1-15-7-13-9-3-2-8(4-11(9)15)10-5-14-6-12-10/h2-7,15H,1H3. The zero-order chi connectivity index (χ0) is 10.3. The molecule has 3 rings (SSSR count). The third-order valence-corrected chi connectivity index (χ3v) is 4.62. The van der Waals surface area contributed by atoms with Gasteiger partial charge in [0.1, 0.15) is 0 Å². The fourth-order valence-corrected chi connectivity index (χ4v) is 3.46. The van der Waals surface area contributed by atoms with Gasteiger partial charge >= 0.3 is 0 Å². The molecule has 76 valence electrons. The maximum Gasteiger partial charge on any atom is 0.0811 e. The van der Waals surface area contributed by atoms with Crippen LogP contribution in [0.25, 0.3) is 11.3 Å². The maximum atomic E-state index is 4.39. The first-order chi connectivity index (χ1) is 7.34. The first-order valence-corrected chi connectivity index (χ1v) is 7.44. The number of thiazole rings is 1. The number of hydrogen-bond acceptors (Lipinski definition) is 3. The van der Waals surface area contributed by atoms with Gasteiger partial charge in [0.25, 0.3) is 0 Å². The number of hydrogen-bond donors (Lipinski definition) is 1. The van der Waals surface area contributed by atoms with E-state index in [9.17, 15) is 0 Å². The van der Waals surface area contributed by atoms with E-state index in [4.69, 9.17) is 0 Å². The second-order valence-electron chi connectivity index (χ2n) is 3.43. The van der Waals surface area contributed by atoms with E-state index in [0.717, 1.165) is 11.4 Å². The molecule has 1 aromatic heterocycles. The summed E-state index contributed by atoms with van der Waals surface area (Å²) >= 11 is 1.63. The molecule has 2 heterocycles. The zero-order valence-electron chi connectivity index (χ0n) is 8.21. The molecular formula is C11H10N2S2. The van der Waals surface area contributed by atoms with E-state index in [2.05, 4.69) is 45.4 Å². The predicted molar refractivity (Wildman–Crippen MR) is 68.9 cm³/mol. The summed E-state index contributed by atoms with van der Waals surface area (Å²) < 4.78 is 0. The summed E-state index contributed by atoms with van der Waals surface area (Å²) in [4.78, 5) is 10.1. The number of aliphatic imine (C=N–C) groups is 1. The predicted octanol–water partition coefficient (Wildman–Crippen LogP) is 3.47. The SMILES string of the molecule is C[SH]1C=Nc2ccc(-c3cscn3)cc21. The molecule has 0 radical (unpaired) electrons. The Hall–Kier alpha value is -1.13. The van der Waals surface area contributed by atoms with Crippen molar-refractivity contribution >= 4 is 33.5 Å². The van der Waals surface area contributed by atoms with Gasteiger partial charge in [-0.15, -0.1) is 11.3 Å². The molecule has 1 aromatic carbocycles. The van der Waals surface area contributed by atoms with Crippen LogP contribution in [0.5, 0.6) is 0 Å². The van der Waals surface area contributed by atoms with Crippen molar-refractivity contribution in [3.8, 4) is 11.3 Å². The van der Waals surface area contributed by atoms with Gasteiger partial charge < -0.3 is 0 Å². The fourth-order valence-electron chi connectivity index (χ4n) is 1.64. The van der Waals surface area contributed by atoms with E-state index in [1.165, 1.54) is 10.5 Å². The molecule has 0 bridgehead atoms. The highest BCUT2D eigenvalue weighted by Gasteiger charge is 2.12. The Kier molecular flexibility index (Phi) is 2.11. The van der Waals surface area contributed by atoms with Crippen LogP contribution < -0.4 is 0 Å². The molecule has 1 aliphatic heterocycles. The van der Waals surface area contributed by atoms with Crippen molar-refractivity contribution in [2.24, 2.45) is 4.99 Å². The molecule has 0 N–H and O–H groups in total. The first-order valence-electron chi connectivity index (χ1n) is 4.64.